The molecule has 6 heteroatoms. The molecule has 110 valence electrons. The normalized spacial score (nSPS) is 10.5. The molecule has 2 aromatic carbocycles. The Kier molecular flexibility index (Phi) is 5.14. The van der Waals surface area contributed by atoms with Crippen LogP contribution in [-0.2, 0) is 6.54 Å². The second-order valence-electron chi connectivity index (χ2n) is 4.65. The molecular weight excluding hydrogens is 375 g/mol. The monoisotopic (exact) mass is 386 g/mol. The van der Waals surface area contributed by atoms with Gasteiger partial charge in [0.15, 0.2) is 0 Å². The lowest BCUT2D eigenvalue weighted by molar-refractivity contribution is 0.0785. The van der Waals surface area contributed by atoms with Gasteiger partial charge in [-0.05, 0) is 51.8 Å². The molecule has 0 aliphatic heterocycles. The molecule has 0 saturated heterocycles. The second kappa shape index (κ2) is 6.69. The molecule has 21 heavy (non-hydrogen) atoms. The fraction of sp³-hybridized carbons (Fsp3) is 0.133. The average Bonchev–Trinajstić information content (AvgIpc) is 2.45. The molecule has 0 radical (unpaired) electrons. The number of nitrogens with zero attached hydrogens (tertiary/aromatic N) is 1. The number of rotatable bonds is 3. The summed E-state index contributed by atoms with van der Waals surface area (Å²) in [7, 11) is 1.73. The quantitative estimate of drug-likeness (QED) is 0.781. The first kappa shape index (κ1) is 16.1. The van der Waals surface area contributed by atoms with Crippen molar-refractivity contribution in [3.63, 3.8) is 0 Å². The summed E-state index contributed by atoms with van der Waals surface area (Å²) in [6, 6.07) is 10.5. The first-order chi connectivity index (χ1) is 9.88. The van der Waals surface area contributed by atoms with Crippen LogP contribution in [0.1, 0.15) is 15.9 Å². The van der Waals surface area contributed by atoms with Crippen molar-refractivity contribution >= 4 is 50.7 Å². The molecule has 0 aliphatic rings. The lowest BCUT2D eigenvalue weighted by Crippen LogP contribution is -2.26. The molecule has 0 heterocycles. The molecule has 1 amide bonds. The maximum atomic E-state index is 12.4. The van der Waals surface area contributed by atoms with E-state index in [1.54, 1.807) is 42.3 Å². The smallest absolute Gasteiger partial charge is 0.253 e. The Morgan fingerprint density at radius 2 is 1.90 bits per heavy atom. The Labute approximate surface area is 141 Å². The third-order valence-electron chi connectivity index (χ3n) is 2.99. The molecule has 2 rings (SSSR count). The van der Waals surface area contributed by atoms with Crippen LogP contribution in [0, 0.1) is 0 Å². The highest BCUT2D eigenvalue weighted by molar-refractivity contribution is 9.10. The van der Waals surface area contributed by atoms with E-state index in [0.717, 1.165) is 10.0 Å². The predicted octanol–water partition coefficient (Wildman–Crippen LogP) is 4.61. The van der Waals surface area contributed by atoms with E-state index in [0.29, 0.717) is 27.8 Å². The van der Waals surface area contributed by atoms with Crippen LogP contribution in [0.2, 0.25) is 10.0 Å². The zero-order valence-electron chi connectivity index (χ0n) is 11.2. The number of benzene rings is 2. The molecule has 0 fully saturated rings. The summed E-state index contributed by atoms with van der Waals surface area (Å²) in [5.74, 6) is -0.111. The van der Waals surface area contributed by atoms with Crippen molar-refractivity contribution in [1.29, 1.82) is 0 Å². The first-order valence-electron chi connectivity index (χ1n) is 6.13. The van der Waals surface area contributed by atoms with Gasteiger partial charge in [-0.25, -0.2) is 0 Å². The van der Waals surface area contributed by atoms with Gasteiger partial charge in [0.2, 0.25) is 0 Å². The molecule has 0 aliphatic carbocycles. The van der Waals surface area contributed by atoms with Crippen LogP contribution in [0.15, 0.2) is 40.9 Å². The maximum Gasteiger partial charge on any atom is 0.253 e. The minimum atomic E-state index is -0.111. The Hall–Kier alpha value is -1.23. The zero-order valence-corrected chi connectivity index (χ0v) is 14.3. The third kappa shape index (κ3) is 3.90. The van der Waals surface area contributed by atoms with E-state index in [-0.39, 0.29) is 5.91 Å². The predicted molar refractivity (Wildman–Crippen MR) is 90.8 cm³/mol. The number of anilines is 1. The van der Waals surface area contributed by atoms with Gasteiger partial charge in [-0.2, -0.15) is 0 Å². The molecule has 0 unspecified atom stereocenters. The fourth-order valence-electron chi connectivity index (χ4n) is 1.88. The molecule has 2 aromatic rings. The summed E-state index contributed by atoms with van der Waals surface area (Å²) < 4.78 is 0.770. The van der Waals surface area contributed by atoms with Gasteiger partial charge < -0.3 is 10.6 Å². The molecule has 0 aromatic heterocycles. The molecule has 0 spiro atoms. The van der Waals surface area contributed by atoms with Crippen LogP contribution < -0.4 is 5.73 Å². The molecule has 0 bridgehead atoms. The maximum absolute atomic E-state index is 12.4. The van der Waals surface area contributed by atoms with Crippen LogP contribution in [0.4, 0.5) is 5.69 Å². The zero-order chi connectivity index (χ0) is 15.6. The highest BCUT2D eigenvalue weighted by Crippen LogP contribution is 2.24. The average molecular weight is 388 g/mol. The summed E-state index contributed by atoms with van der Waals surface area (Å²) in [5, 5.41) is 0.970. The fourth-order valence-corrected chi connectivity index (χ4v) is 2.45. The van der Waals surface area contributed by atoms with E-state index in [2.05, 4.69) is 15.9 Å². The van der Waals surface area contributed by atoms with Crippen molar-refractivity contribution < 1.29 is 4.79 Å². The van der Waals surface area contributed by atoms with Gasteiger partial charge in [0, 0.05) is 29.3 Å². The standard InChI is InChI=1S/C15H13BrCl2N2O/c1-20(8-9-2-5-12(17)13(18)6-9)15(21)10-3-4-11(16)14(19)7-10/h2-7H,8,19H2,1H3. The van der Waals surface area contributed by atoms with Crippen molar-refractivity contribution in [2.24, 2.45) is 0 Å². The van der Waals surface area contributed by atoms with Crippen LogP contribution >= 0.6 is 39.1 Å². The number of hydrogen-bond donors (Lipinski definition) is 1. The van der Waals surface area contributed by atoms with Crippen molar-refractivity contribution in [3.05, 3.63) is 62.0 Å². The van der Waals surface area contributed by atoms with E-state index >= 15 is 0 Å². The summed E-state index contributed by atoms with van der Waals surface area (Å²) in [5.41, 5.74) is 7.78. The molecule has 2 N–H and O–H groups in total. The van der Waals surface area contributed by atoms with Crippen molar-refractivity contribution in [3.8, 4) is 0 Å². The van der Waals surface area contributed by atoms with Gasteiger partial charge >= 0.3 is 0 Å². The van der Waals surface area contributed by atoms with Crippen LogP contribution in [-0.4, -0.2) is 17.9 Å². The lowest BCUT2D eigenvalue weighted by atomic mass is 10.1. The molecule has 0 atom stereocenters. The Morgan fingerprint density at radius 1 is 1.19 bits per heavy atom. The Balaban J connectivity index is 2.15. The van der Waals surface area contributed by atoms with Crippen LogP contribution in [0.3, 0.4) is 0 Å². The number of amides is 1. The van der Waals surface area contributed by atoms with E-state index in [1.165, 1.54) is 0 Å². The second-order valence-corrected chi connectivity index (χ2v) is 6.31. The number of nitrogens with two attached hydrogens (primary N) is 1. The van der Waals surface area contributed by atoms with E-state index in [4.69, 9.17) is 28.9 Å². The highest BCUT2D eigenvalue weighted by atomic mass is 79.9. The summed E-state index contributed by atoms with van der Waals surface area (Å²) in [6.45, 7) is 0.436. The first-order valence-corrected chi connectivity index (χ1v) is 7.68. The highest BCUT2D eigenvalue weighted by Gasteiger charge is 2.13. The largest absolute Gasteiger partial charge is 0.398 e. The van der Waals surface area contributed by atoms with Gasteiger partial charge in [-0.15, -0.1) is 0 Å². The SMILES string of the molecule is CN(Cc1ccc(Cl)c(Cl)c1)C(=O)c1ccc(Br)c(N)c1. The Bertz CT molecular complexity index is 691. The molecular formula is C15H13BrCl2N2O. The van der Waals surface area contributed by atoms with E-state index in [1.807, 2.05) is 6.07 Å². The molecule has 0 saturated carbocycles. The minimum absolute atomic E-state index is 0.111. The Morgan fingerprint density at radius 3 is 2.52 bits per heavy atom. The summed E-state index contributed by atoms with van der Waals surface area (Å²) in [4.78, 5) is 14.0. The number of hydrogen-bond acceptors (Lipinski definition) is 2. The molecule has 3 nitrogen and oxygen atoms in total. The minimum Gasteiger partial charge on any atom is -0.398 e. The van der Waals surface area contributed by atoms with Gasteiger partial charge in [0.05, 0.1) is 10.0 Å². The van der Waals surface area contributed by atoms with Gasteiger partial charge in [-0.1, -0.05) is 29.3 Å². The number of carbonyl (C=O) groups excluding carboxylic acids is 1. The van der Waals surface area contributed by atoms with Crippen molar-refractivity contribution in [2.75, 3.05) is 12.8 Å². The topological polar surface area (TPSA) is 46.3 Å². The van der Waals surface area contributed by atoms with Crippen LogP contribution in [0.25, 0.3) is 0 Å². The van der Waals surface area contributed by atoms with Crippen molar-refractivity contribution in [2.45, 2.75) is 6.54 Å². The lowest BCUT2D eigenvalue weighted by Gasteiger charge is -2.18. The van der Waals surface area contributed by atoms with Crippen LogP contribution in [0.5, 0.6) is 0 Å². The third-order valence-corrected chi connectivity index (χ3v) is 4.45. The van der Waals surface area contributed by atoms with E-state index in [9.17, 15) is 4.79 Å². The van der Waals surface area contributed by atoms with Gasteiger partial charge in [0.1, 0.15) is 0 Å². The number of carbonyl (C=O) groups is 1. The summed E-state index contributed by atoms with van der Waals surface area (Å²) in [6.07, 6.45) is 0. The van der Waals surface area contributed by atoms with E-state index < -0.39 is 0 Å². The van der Waals surface area contributed by atoms with Crippen molar-refractivity contribution in [1.82, 2.24) is 4.90 Å². The summed E-state index contributed by atoms with van der Waals surface area (Å²) >= 11 is 15.2. The van der Waals surface area contributed by atoms with Gasteiger partial charge in [-0.3, -0.25) is 4.79 Å². The number of halogens is 3. The number of nitrogen functional groups attached to an aromatic ring is 1. The van der Waals surface area contributed by atoms with Gasteiger partial charge in [0.25, 0.3) is 5.91 Å².